The van der Waals surface area contributed by atoms with E-state index in [2.05, 4.69) is 5.32 Å². The van der Waals surface area contributed by atoms with Crippen LogP contribution in [0.5, 0.6) is 5.75 Å². The first-order chi connectivity index (χ1) is 14.1. The van der Waals surface area contributed by atoms with E-state index in [9.17, 15) is 9.59 Å². The smallest absolute Gasteiger partial charge is 0.243 e. The molecule has 2 aromatic carbocycles. The maximum atomic E-state index is 13.3. The van der Waals surface area contributed by atoms with Gasteiger partial charge in [-0.2, -0.15) is 0 Å². The molecule has 0 aliphatic heterocycles. The van der Waals surface area contributed by atoms with Gasteiger partial charge in [-0.3, -0.25) is 9.59 Å². The van der Waals surface area contributed by atoms with Crippen molar-refractivity contribution in [3.05, 3.63) is 64.7 Å². The van der Waals surface area contributed by atoms with Crippen molar-refractivity contribution < 1.29 is 14.3 Å². The van der Waals surface area contributed by atoms with Crippen molar-refractivity contribution in [3.8, 4) is 5.75 Å². The van der Waals surface area contributed by atoms with Gasteiger partial charge in [-0.1, -0.05) is 48.9 Å². The molecule has 0 aromatic heterocycles. The van der Waals surface area contributed by atoms with E-state index in [4.69, 9.17) is 16.3 Å². The number of methoxy groups -OCH3 is 1. The van der Waals surface area contributed by atoms with Gasteiger partial charge in [-0.05, 0) is 56.5 Å². The van der Waals surface area contributed by atoms with Crippen molar-refractivity contribution in [2.75, 3.05) is 7.11 Å². The van der Waals surface area contributed by atoms with Crippen molar-refractivity contribution >= 4 is 23.4 Å². The van der Waals surface area contributed by atoms with Gasteiger partial charge in [-0.15, -0.1) is 0 Å². The monoisotopic (exact) mass is 430 g/mol. The molecule has 0 radical (unpaired) electrons. The van der Waals surface area contributed by atoms with E-state index in [0.717, 1.165) is 16.9 Å². The van der Waals surface area contributed by atoms with E-state index in [1.54, 1.807) is 18.1 Å². The van der Waals surface area contributed by atoms with E-state index in [-0.39, 0.29) is 30.3 Å². The lowest BCUT2D eigenvalue weighted by Crippen LogP contribution is -2.53. The van der Waals surface area contributed by atoms with Crippen molar-refractivity contribution in [1.82, 2.24) is 10.2 Å². The van der Waals surface area contributed by atoms with Crippen LogP contribution in [0.3, 0.4) is 0 Å². The largest absolute Gasteiger partial charge is 0.497 e. The Balaban J connectivity index is 2.31. The van der Waals surface area contributed by atoms with Crippen LogP contribution in [0.4, 0.5) is 0 Å². The van der Waals surface area contributed by atoms with Crippen LogP contribution in [0.15, 0.2) is 48.5 Å². The summed E-state index contributed by atoms with van der Waals surface area (Å²) < 4.78 is 5.18. The Morgan fingerprint density at radius 2 is 1.73 bits per heavy atom. The van der Waals surface area contributed by atoms with Gasteiger partial charge in [0.25, 0.3) is 0 Å². The Morgan fingerprint density at radius 3 is 2.27 bits per heavy atom. The highest BCUT2D eigenvalue weighted by molar-refractivity contribution is 6.31. The molecular weight excluding hydrogens is 400 g/mol. The minimum Gasteiger partial charge on any atom is -0.497 e. The highest BCUT2D eigenvalue weighted by Crippen LogP contribution is 2.21. The summed E-state index contributed by atoms with van der Waals surface area (Å²) >= 11 is 6.35. The molecule has 0 aliphatic carbocycles. The summed E-state index contributed by atoms with van der Waals surface area (Å²) in [4.78, 5) is 27.9. The molecule has 2 rings (SSSR count). The number of amides is 2. The molecule has 0 saturated heterocycles. The third-order valence-electron chi connectivity index (χ3n) is 4.70. The molecule has 5 nitrogen and oxygen atoms in total. The minimum atomic E-state index is -0.591. The maximum absolute atomic E-state index is 13.3. The highest BCUT2D eigenvalue weighted by Gasteiger charge is 2.31. The van der Waals surface area contributed by atoms with Crippen molar-refractivity contribution in [3.63, 3.8) is 0 Å². The first kappa shape index (κ1) is 23.7. The number of rotatable bonds is 8. The summed E-state index contributed by atoms with van der Waals surface area (Å²) in [7, 11) is 1.60. The zero-order valence-corrected chi connectivity index (χ0v) is 19.1. The Morgan fingerprint density at radius 1 is 1.10 bits per heavy atom. The fourth-order valence-electron chi connectivity index (χ4n) is 3.20. The second-order valence-electron chi connectivity index (χ2n) is 8.30. The molecule has 2 aromatic rings. The van der Waals surface area contributed by atoms with E-state index in [1.807, 2.05) is 70.2 Å². The van der Waals surface area contributed by atoms with Crippen LogP contribution in [-0.2, 0) is 22.6 Å². The number of carbonyl (C=O) groups excluding carboxylic acids is 2. The van der Waals surface area contributed by atoms with Crippen molar-refractivity contribution in [2.45, 2.75) is 58.7 Å². The number of ether oxygens (including phenoxy) is 1. The molecule has 162 valence electrons. The van der Waals surface area contributed by atoms with Crippen molar-refractivity contribution in [2.24, 2.45) is 0 Å². The van der Waals surface area contributed by atoms with Gasteiger partial charge in [0, 0.05) is 17.1 Å². The summed E-state index contributed by atoms with van der Waals surface area (Å²) in [6, 6.07) is 14.2. The van der Waals surface area contributed by atoms with Crippen LogP contribution in [0.2, 0.25) is 5.02 Å². The fraction of sp³-hybridized carbons (Fsp3) is 0.417. The first-order valence-electron chi connectivity index (χ1n) is 10.1. The van der Waals surface area contributed by atoms with Gasteiger partial charge in [-0.25, -0.2) is 0 Å². The molecule has 1 N–H and O–H groups in total. The Hall–Kier alpha value is -2.53. The molecule has 0 fully saturated rings. The molecule has 30 heavy (non-hydrogen) atoms. The van der Waals surface area contributed by atoms with Crippen LogP contribution >= 0.6 is 11.6 Å². The number of nitrogens with one attached hydrogen (secondary N) is 1. The Kier molecular flexibility index (Phi) is 8.30. The molecule has 0 saturated carbocycles. The average Bonchev–Trinajstić information content (AvgIpc) is 2.68. The second-order valence-corrected chi connectivity index (χ2v) is 8.71. The lowest BCUT2D eigenvalue weighted by molar-refractivity contribution is -0.141. The normalized spacial score (nSPS) is 12.2. The Labute approximate surface area is 184 Å². The van der Waals surface area contributed by atoms with Crippen molar-refractivity contribution in [1.29, 1.82) is 0 Å². The van der Waals surface area contributed by atoms with E-state index in [0.29, 0.717) is 11.4 Å². The zero-order valence-electron chi connectivity index (χ0n) is 18.4. The van der Waals surface area contributed by atoms with Gasteiger partial charge < -0.3 is 15.0 Å². The van der Waals surface area contributed by atoms with E-state index < -0.39 is 6.04 Å². The van der Waals surface area contributed by atoms with Gasteiger partial charge in [0.05, 0.1) is 13.5 Å². The minimum absolute atomic E-state index is 0.129. The third-order valence-corrected chi connectivity index (χ3v) is 5.07. The number of carbonyl (C=O) groups is 2. The molecule has 0 bridgehead atoms. The number of hydrogen-bond donors (Lipinski definition) is 1. The third kappa shape index (κ3) is 6.77. The molecule has 2 amide bonds. The molecule has 0 heterocycles. The van der Waals surface area contributed by atoms with Gasteiger partial charge >= 0.3 is 0 Å². The predicted octanol–water partition coefficient (Wildman–Crippen LogP) is 4.61. The molecule has 6 heteroatoms. The summed E-state index contributed by atoms with van der Waals surface area (Å²) in [6.07, 6.45) is 0.689. The first-order valence-corrected chi connectivity index (χ1v) is 10.5. The standard InChI is InChI=1S/C24H31ClN2O3/c1-6-21(23(29)26-24(2,3)4)27(16-18-9-7-8-10-20(18)25)22(28)15-17-11-13-19(30-5)14-12-17/h7-14,21H,6,15-16H2,1-5H3,(H,26,29)/t21-/m0/s1. The summed E-state index contributed by atoms with van der Waals surface area (Å²) in [5.41, 5.74) is 1.28. The maximum Gasteiger partial charge on any atom is 0.243 e. The topological polar surface area (TPSA) is 58.6 Å². The summed E-state index contributed by atoms with van der Waals surface area (Å²) in [5, 5.41) is 3.58. The molecule has 0 spiro atoms. The average molecular weight is 431 g/mol. The number of hydrogen-bond acceptors (Lipinski definition) is 3. The highest BCUT2D eigenvalue weighted by atomic mass is 35.5. The Bertz CT molecular complexity index is 859. The quantitative estimate of drug-likeness (QED) is 0.665. The summed E-state index contributed by atoms with van der Waals surface area (Å²) in [6.45, 7) is 7.96. The van der Waals surface area contributed by atoms with Crippen LogP contribution in [0, 0.1) is 0 Å². The number of halogens is 1. The molecule has 1 atom stereocenters. The van der Waals surface area contributed by atoms with Gasteiger partial charge in [0.2, 0.25) is 11.8 Å². The summed E-state index contributed by atoms with van der Waals surface area (Å²) in [5.74, 6) is 0.436. The van der Waals surface area contributed by atoms with Gasteiger partial charge in [0.15, 0.2) is 0 Å². The predicted molar refractivity (Wildman–Crippen MR) is 121 cm³/mol. The van der Waals surface area contributed by atoms with Crippen LogP contribution in [0.1, 0.15) is 45.2 Å². The molecule has 0 unspecified atom stereocenters. The zero-order chi connectivity index (χ0) is 22.3. The SMILES string of the molecule is CC[C@@H](C(=O)NC(C)(C)C)N(Cc1ccccc1Cl)C(=O)Cc1ccc(OC)cc1. The molecular formula is C24H31ClN2O3. The lowest BCUT2D eigenvalue weighted by Gasteiger charge is -2.33. The second kappa shape index (κ2) is 10.5. The van der Waals surface area contributed by atoms with E-state index >= 15 is 0 Å². The van der Waals surface area contributed by atoms with Gasteiger partial charge in [0.1, 0.15) is 11.8 Å². The molecule has 0 aliphatic rings. The number of nitrogens with zero attached hydrogens (tertiary/aromatic N) is 1. The van der Waals surface area contributed by atoms with E-state index in [1.165, 1.54) is 0 Å². The van der Waals surface area contributed by atoms with Crippen LogP contribution in [-0.4, -0.2) is 35.4 Å². The number of benzene rings is 2. The lowest BCUT2D eigenvalue weighted by atomic mass is 10.0. The van der Waals surface area contributed by atoms with Crippen LogP contribution < -0.4 is 10.1 Å². The van der Waals surface area contributed by atoms with Crippen LogP contribution in [0.25, 0.3) is 0 Å². The fourth-order valence-corrected chi connectivity index (χ4v) is 3.40.